The van der Waals surface area contributed by atoms with Crippen LogP contribution in [-0.2, 0) is 4.79 Å². The van der Waals surface area contributed by atoms with E-state index in [2.05, 4.69) is 15.9 Å². The largest absolute Gasteiger partial charge is 0.486 e. The second-order valence-corrected chi connectivity index (χ2v) is 5.17. The first-order valence-corrected chi connectivity index (χ1v) is 6.28. The van der Waals surface area contributed by atoms with Crippen molar-refractivity contribution in [2.75, 3.05) is 13.2 Å². The van der Waals surface area contributed by atoms with E-state index in [9.17, 15) is 4.79 Å². The second-order valence-electron chi connectivity index (χ2n) is 4.31. The zero-order chi connectivity index (χ0) is 12.0. The number of benzene rings is 1. The van der Waals surface area contributed by atoms with Crippen molar-refractivity contribution < 1.29 is 19.4 Å². The normalized spacial score (nSPS) is 25.5. The van der Waals surface area contributed by atoms with Crippen molar-refractivity contribution in [2.24, 2.45) is 5.92 Å². The van der Waals surface area contributed by atoms with E-state index < -0.39 is 5.97 Å². The molecule has 90 valence electrons. The van der Waals surface area contributed by atoms with Gasteiger partial charge in [-0.2, -0.15) is 0 Å². The van der Waals surface area contributed by atoms with Crippen LogP contribution in [0, 0.1) is 5.92 Å². The van der Waals surface area contributed by atoms with E-state index in [1.54, 1.807) is 0 Å². The summed E-state index contributed by atoms with van der Waals surface area (Å²) in [5.74, 6) is 0.564. The van der Waals surface area contributed by atoms with Gasteiger partial charge in [0.1, 0.15) is 13.2 Å². The van der Waals surface area contributed by atoms with Crippen molar-refractivity contribution in [1.29, 1.82) is 0 Å². The zero-order valence-corrected chi connectivity index (χ0v) is 10.6. The average Bonchev–Trinajstić information content (AvgIpc) is 3.09. The van der Waals surface area contributed by atoms with E-state index in [1.165, 1.54) is 0 Å². The van der Waals surface area contributed by atoms with Crippen LogP contribution in [0.4, 0.5) is 0 Å². The monoisotopic (exact) mass is 298 g/mol. The Bertz CT molecular complexity index is 486. The van der Waals surface area contributed by atoms with E-state index in [-0.39, 0.29) is 11.8 Å². The molecule has 1 saturated carbocycles. The molecule has 17 heavy (non-hydrogen) atoms. The molecule has 5 heteroatoms. The quantitative estimate of drug-likeness (QED) is 0.911. The fourth-order valence-corrected chi connectivity index (χ4v) is 2.76. The number of hydrogen-bond donors (Lipinski definition) is 1. The number of carboxylic acid groups (broad SMARTS) is 1. The van der Waals surface area contributed by atoms with E-state index in [0.29, 0.717) is 31.1 Å². The van der Waals surface area contributed by atoms with Gasteiger partial charge >= 0.3 is 5.97 Å². The standard InChI is InChI=1S/C12H11BrO4/c13-9-3-6(7-5-8(7)12(14)15)4-10-11(9)17-2-1-16-10/h3-4,7-8H,1-2,5H2,(H,14,15). The molecule has 1 aliphatic carbocycles. The summed E-state index contributed by atoms with van der Waals surface area (Å²) in [4.78, 5) is 10.9. The van der Waals surface area contributed by atoms with Crippen molar-refractivity contribution in [1.82, 2.24) is 0 Å². The molecule has 0 spiro atoms. The third-order valence-electron chi connectivity index (χ3n) is 3.15. The highest BCUT2D eigenvalue weighted by Gasteiger charge is 2.44. The Balaban J connectivity index is 1.92. The summed E-state index contributed by atoms with van der Waals surface area (Å²) in [7, 11) is 0. The smallest absolute Gasteiger partial charge is 0.307 e. The van der Waals surface area contributed by atoms with Crippen molar-refractivity contribution in [3.05, 3.63) is 22.2 Å². The number of hydrogen-bond acceptors (Lipinski definition) is 3. The lowest BCUT2D eigenvalue weighted by Gasteiger charge is -2.20. The number of carboxylic acids is 1. The second kappa shape index (κ2) is 3.91. The number of ether oxygens (including phenoxy) is 2. The highest BCUT2D eigenvalue weighted by molar-refractivity contribution is 9.10. The molecule has 0 bridgehead atoms. The van der Waals surface area contributed by atoms with E-state index in [1.807, 2.05) is 12.1 Å². The van der Waals surface area contributed by atoms with Gasteiger partial charge in [-0.1, -0.05) is 0 Å². The molecule has 1 aromatic carbocycles. The molecule has 0 amide bonds. The van der Waals surface area contributed by atoms with Crippen molar-refractivity contribution in [3.63, 3.8) is 0 Å². The molecule has 1 N–H and O–H groups in total. The van der Waals surface area contributed by atoms with Crippen LogP contribution in [0.5, 0.6) is 11.5 Å². The van der Waals surface area contributed by atoms with Gasteiger partial charge in [-0.3, -0.25) is 4.79 Å². The van der Waals surface area contributed by atoms with Gasteiger partial charge in [0.05, 0.1) is 10.4 Å². The summed E-state index contributed by atoms with van der Waals surface area (Å²) in [6.45, 7) is 1.09. The zero-order valence-electron chi connectivity index (χ0n) is 8.98. The Hall–Kier alpha value is -1.23. The Morgan fingerprint density at radius 1 is 1.35 bits per heavy atom. The maximum atomic E-state index is 10.9. The predicted octanol–water partition coefficient (Wildman–Crippen LogP) is 2.41. The first-order chi connectivity index (χ1) is 8.16. The lowest BCUT2D eigenvalue weighted by atomic mass is 10.1. The van der Waals surface area contributed by atoms with Crippen LogP contribution in [0.15, 0.2) is 16.6 Å². The van der Waals surface area contributed by atoms with E-state index in [4.69, 9.17) is 14.6 Å². The van der Waals surface area contributed by atoms with Crippen LogP contribution in [-0.4, -0.2) is 24.3 Å². The number of fused-ring (bicyclic) bond motifs is 1. The first kappa shape index (κ1) is 10.9. The molecule has 0 aromatic heterocycles. The highest BCUT2D eigenvalue weighted by atomic mass is 79.9. The number of carbonyl (C=O) groups is 1. The van der Waals surface area contributed by atoms with Crippen molar-refractivity contribution >= 4 is 21.9 Å². The lowest BCUT2D eigenvalue weighted by Crippen LogP contribution is -2.16. The number of rotatable bonds is 2. The van der Waals surface area contributed by atoms with Crippen LogP contribution in [0.1, 0.15) is 17.9 Å². The summed E-state index contributed by atoms with van der Waals surface area (Å²) in [6.07, 6.45) is 0.710. The molecule has 2 unspecified atom stereocenters. The van der Waals surface area contributed by atoms with Crippen LogP contribution in [0.25, 0.3) is 0 Å². The van der Waals surface area contributed by atoms with Gasteiger partial charge < -0.3 is 14.6 Å². The van der Waals surface area contributed by atoms with E-state index >= 15 is 0 Å². The fraction of sp³-hybridized carbons (Fsp3) is 0.417. The van der Waals surface area contributed by atoms with Gasteiger partial charge in [-0.05, 0) is 46.0 Å². The van der Waals surface area contributed by atoms with Gasteiger partial charge in [-0.25, -0.2) is 0 Å². The summed E-state index contributed by atoms with van der Waals surface area (Å²) in [5.41, 5.74) is 1.01. The Kier molecular flexibility index (Phi) is 2.50. The summed E-state index contributed by atoms with van der Waals surface area (Å²) in [5, 5.41) is 8.93. The molecule has 0 saturated heterocycles. The number of halogens is 1. The molecule has 1 heterocycles. The Morgan fingerprint density at radius 2 is 2.12 bits per heavy atom. The van der Waals surface area contributed by atoms with Crippen LogP contribution < -0.4 is 9.47 Å². The lowest BCUT2D eigenvalue weighted by molar-refractivity contribution is -0.138. The third kappa shape index (κ3) is 1.88. The Morgan fingerprint density at radius 3 is 2.82 bits per heavy atom. The molecule has 1 aliphatic heterocycles. The number of aliphatic carboxylic acids is 1. The SMILES string of the molecule is O=C(O)C1CC1c1cc(Br)c2c(c1)OCCO2. The minimum absolute atomic E-state index is 0.111. The molecule has 1 aromatic rings. The topological polar surface area (TPSA) is 55.8 Å². The van der Waals surface area contributed by atoms with Crippen LogP contribution >= 0.6 is 15.9 Å². The first-order valence-electron chi connectivity index (χ1n) is 5.48. The average molecular weight is 299 g/mol. The molecular formula is C12H11BrO4. The van der Waals surface area contributed by atoms with Crippen LogP contribution in [0.3, 0.4) is 0 Å². The predicted molar refractivity (Wildman–Crippen MR) is 63.6 cm³/mol. The van der Waals surface area contributed by atoms with Crippen LogP contribution in [0.2, 0.25) is 0 Å². The van der Waals surface area contributed by atoms with Crippen molar-refractivity contribution in [2.45, 2.75) is 12.3 Å². The van der Waals surface area contributed by atoms with Gasteiger partial charge in [0.2, 0.25) is 0 Å². The molecular weight excluding hydrogens is 288 g/mol. The minimum atomic E-state index is -0.721. The van der Waals surface area contributed by atoms with Gasteiger partial charge in [0, 0.05) is 0 Å². The Labute approximate surface area is 107 Å². The molecule has 2 aliphatic rings. The summed E-state index contributed by atoms with van der Waals surface area (Å²) >= 11 is 3.43. The maximum absolute atomic E-state index is 10.9. The third-order valence-corrected chi connectivity index (χ3v) is 3.74. The molecule has 0 radical (unpaired) electrons. The molecule has 1 fully saturated rings. The fourth-order valence-electron chi connectivity index (χ4n) is 2.18. The highest BCUT2D eigenvalue weighted by Crippen LogP contribution is 2.51. The van der Waals surface area contributed by atoms with Gasteiger partial charge in [0.25, 0.3) is 0 Å². The molecule has 2 atom stereocenters. The van der Waals surface area contributed by atoms with Gasteiger partial charge in [-0.15, -0.1) is 0 Å². The molecule has 3 rings (SSSR count). The summed E-state index contributed by atoms with van der Waals surface area (Å²) < 4.78 is 11.8. The summed E-state index contributed by atoms with van der Waals surface area (Å²) in [6, 6.07) is 3.83. The van der Waals surface area contributed by atoms with Crippen molar-refractivity contribution in [3.8, 4) is 11.5 Å². The van der Waals surface area contributed by atoms with E-state index in [0.717, 1.165) is 10.0 Å². The van der Waals surface area contributed by atoms with Gasteiger partial charge in [0.15, 0.2) is 11.5 Å². The minimum Gasteiger partial charge on any atom is -0.486 e. The molecule has 4 nitrogen and oxygen atoms in total. The maximum Gasteiger partial charge on any atom is 0.307 e.